The first-order valence-corrected chi connectivity index (χ1v) is 7.77. The number of benzene rings is 1. The van der Waals surface area contributed by atoms with E-state index in [1.165, 1.54) is 6.07 Å². The van der Waals surface area contributed by atoms with E-state index < -0.39 is 5.82 Å². The van der Waals surface area contributed by atoms with Crippen LogP contribution in [0.2, 0.25) is 5.02 Å². The Balaban J connectivity index is 2.64. The average molecular weight is 329 g/mol. The van der Waals surface area contributed by atoms with E-state index in [2.05, 4.69) is 5.32 Å². The number of rotatable bonds is 7. The monoisotopic (exact) mass is 328 g/mol. The Labute approximate surface area is 135 Å². The molecule has 2 amide bonds. The molecule has 1 aromatic carbocycles. The van der Waals surface area contributed by atoms with E-state index in [0.29, 0.717) is 12.0 Å². The minimum atomic E-state index is -0.534. The van der Waals surface area contributed by atoms with Crippen LogP contribution in [0.4, 0.5) is 4.39 Å². The zero-order valence-electron chi connectivity index (χ0n) is 13.2. The molecule has 1 N–H and O–H groups in total. The summed E-state index contributed by atoms with van der Waals surface area (Å²) in [7, 11) is 0. The molecule has 0 saturated heterocycles. The third kappa shape index (κ3) is 4.98. The molecule has 22 heavy (non-hydrogen) atoms. The highest BCUT2D eigenvalue weighted by Gasteiger charge is 2.20. The van der Waals surface area contributed by atoms with Gasteiger partial charge in [0.2, 0.25) is 11.8 Å². The number of carbonyl (C=O) groups is 2. The number of hydrogen-bond donors (Lipinski definition) is 1. The minimum Gasteiger partial charge on any atom is -0.350 e. The third-order valence-corrected chi connectivity index (χ3v) is 3.86. The van der Waals surface area contributed by atoms with Gasteiger partial charge in [0.05, 0.1) is 11.6 Å². The van der Waals surface area contributed by atoms with Crippen LogP contribution in [-0.2, 0) is 16.1 Å². The number of hydrogen-bond acceptors (Lipinski definition) is 2. The molecule has 122 valence electrons. The molecular weight excluding hydrogens is 307 g/mol. The summed E-state index contributed by atoms with van der Waals surface area (Å²) >= 11 is 5.69. The second-order valence-corrected chi connectivity index (χ2v) is 5.53. The minimum absolute atomic E-state index is 0.0129. The van der Waals surface area contributed by atoms with Crippen molar-refractivity contribution in [2.75, 3.05) is 6.54 Å². The van der Waals surface area contributed by atoms with Crippen LogP contribution in [0.1, 0.15) is 39.2 Å². The lowest BCUT2D eigenvalue weighted by atomic mass is 10.2. The normalized spacial score (nSPS) is 11.9. The third-order valence-electron chi connectivity index (χ3n) is 3.57. The second-order valence-electron chi connectivity index (χ2n) is 5.12. The van der Waals surface area contributed by atoms with Gasteiger partial charge in [-0.2, -0.15) is 0 Å². The maximum Gasteiger partial charge on any atom is 0.239 e. The molecule has 0 aromatic heterocycles. The first-order chi connectivity index (χ1) is 10.4. The van der Waals surface area contributed by atoms with Crippen molar-refractivity contribution in [3.8, 4) is 0 Å². The van der Waals surface area contributed by atoms with Gasteiger partial charge in [0.25, 0.3) is 0 Å². The molecule has 1 atom stereocenters. The van der Waals surface area contributed by atoms with Gasteiger partial charge in [-0.25, -0.2) is 4.39 Å². The van der Waals surface area contributed by atoms with Gasteiger partial charge in [0.1, 0.15) is 5.82 Å². The van der Waals surface area contributed by atoms with Gasteiger partial charge in [-0.1, -0.05) is 37.6 Å². The van der Waals surface area contributed by atoms with Crippen molar-refractivity contribution in [1.29, 1.82) is 0 Å². The predicted molar refractivity (Wildman–Crippen MR) is 85.0 cm³/mol. The molecule has 0 fully saturated rings. The van der Waals surface area contributed by atoms with Crippen molar-refractivity contribution < 1.29 is 14.0 Å². The van der Waals surface area contributed by atoms with Gasteiger partial charge in [-0.05, 0) is 19.4 Å². The molecule has 0 aliphatic carbocycles. The van der Waals surface area contributed by atoms with Gasteiger partial charge >= 0.3 is 0 Å². The number of carbonyl (C=O) groups excluding carboxylic acids is 2. The van der Waals surface area contributed by atoms with Gasteiger partial charge in [0, 0.05) is 24.6 Å². The molecule has 0 aliphatic heterocycles. The fourth-order valence-corrected chi connectivity index (χ4v) is 2.20. The van der Waals surface area contributed by atoms with E-state index in [-0.39, 0.29) is 36.0 Å². The summed E-state index contributed by atoms with van der Waals surface area (Å²) < 4.78 is 13.7. The zero-order valence-corrected chi connectivity index (χ0v) is 13.9. The molecule has 0 heterocycles. The highest BCUT2D eigenvalue weighted by Crippen LogP contribution is 2.17. The molecule has 0 bridgehead atoms. The second kappa shape index (κ2) is 8.73. The van der Waals surface area contributed by atoms with E-state index >= 15 is 0 Å². The van der Waals surface area contributed by atoms with E-state index in [1.54, 1.807) is 24.0 Å². The number of halogens is 2. The SMILES string of the molecule is CCC(=O)N(CC(=O)NCc1cccc(Cl)c1F)[C@@H](C)CC. The summed E-state index contributed by atoms with van der Waals surface area (Å²) in [5.74, 6) is -0.923. The standard InChI is InChI=1S/C16H22ClFN2O2/c1-4-11(3)20(15(22)5-2)10-14(21)19-9-12-7-6-8-13(17)16(12)18/h6-8,11H,4-5,9-10H2,1-3H3,(H,19,21)/t11-/m0/s1. The highest BCUT2D eigenvalue weighted by atomic mass is 35.5. The van der Waals surface area contributed by atoms with Gasteiger partial charge in [-0.15, -0.1) is 0 Å². The summed E-state index contributed by atoms with van der Waals surface area (Å²) in [4.78, 5) is 25.4. The van der Waals surface area contributed by atoms with Crippen molar-refractivity contribution in [3.05, 3.63) is 34.6 Å². The van der Waals surface area contributed by atoms with Crippen LogP contribution in [0.5, 0.6) is 0 Å². The topological polar surface area (TPSA) is 49.4 Å². The van der Waals surface area contributed by atoms with Crippen LogP contribution in [0.3, 0.4) is 0 Å². The van der Waals surface area contributed by atoms with Crippen LogP contribution in [0.25, 0.3) is 0 Å². The first-order valence-electron chi connectivity index (χ1n) is 7.39. The van der Waals surface area contributed by atoms with Crippen LogP contribution in [-0.4, -0.2) is 29.3 Å². The lowest BCUT2D eigenvalue weighted by Crippen LogP contribution is -2.44. The fourth-order valence-electron chi connectivity index (χ4n) is 2.00. The van der Waals surface area contributed by atoms with Crippen LogP contribution < -0.4 is 5.32 Å². The number of amides is 2. The fraction of sp³-hybridized carbons (Fsp3) is 0.500. The Morgan fingerprint density at radius 3 is 2.64 bits per heavy atom. The molecule has 0 radical (unpaired) electrons. The van der Waals surface area contributed by atoms with E-state index in [1.807, 2.05) is 13.8 Å². The van der Waals surface area contributed by atoms with Gasteiger partial charge in [0.15, 0.2) is 0 Å². The first kappa shape index (κ1) is 18.4. The lowest BCUT2D eigenvalue weighted by molar-refractivity contribution is -0.137. The Kier molecular flexibility index (Phi) is 7.32. The Bertz CT molecular complexity index is 537. The average Bonchev–Trinajstić information content (AvgIpc) is 2.52. The van der Waals surface area contributed by atoms with E-state index in [0.717, 1.165) is 6.42 Å². The molecular formula is C16H22ClFN2O2. The molecule has 0 spiro atoms. The van der Waals surface area contributed by atoms with Crippen LogP contribution in [0, 0.1) is 5.82 Å². The Hall–Kier alpha value is -1.62. The molecule has 6 heteroatoms. The van der Waals surface area contributed by atoms with Crippen LogP contribution >= 0.6 is 11.6 Å². The molecule has 1 rings (SSSR count). The summed E-state index contributed by atoms with van der Waals surface area (Å²) in [6.45, 7) is 5.64. The molecule has 1 aromatic rings. The molecule has 0 aliphatic rings. The Morgan fingerprint density at radius 1 is 1.36 bits per heavy atom. The molecule has 0 saturated carbocycles. The number of nitrogens with one attached hydrogen (secondary N) is 1. The van der Waals surface area contributed by atoms with E-state index in [9.17, 15) is 14.0 Å². The van der Waals surface area contributed by atoms with Gasteiger partial charge < -0.3 is 10.2 Å². The van der Waals surface area contributed by atoms with Crippen molar-refractivity contribution in [2.45, 2.75) is 46.2 Å². The van der Waals surface area contributed by atoms with Crippen molar-refractivity contribution in [2.24, 2.45) is 0 Å². The largest absolute Gasteiger partial charge is 0.350 e. The van der Waals surface area contributed by atoms with Crippen molar-refractivity contribution in [3.63, 3.8) is 0 Å². The molecule has 4 nitrogen and oxygen atoms in total. The molecule has 0 unspecified atom stereocenters. The zero-order chi connectivity index (χ0) is 16.7. The highest BCUT2D eigenvalue weighted by molar-refractivity contribution is 6.30. The number of nitrogens with zero attached hydrogens (tertiary/aromatic N) is 1. The maximum absolute atomic E-state index is 13.7. The van der Waals surface area contributed by atoms with Crippen molar-refractivity contribution >= 4 is 23.4 Å². The lowest BCUT2D eigenvalue weighted by Gasteiger charge is -2.27. The smallest absolute Gasteiger partial charge is 0.239 e. The summed E-state index contributed by atoms with van der Waals surface area (Å²) in [5.41, 5.74) is 0.317. The van der Waals surface area contributed by atoms with Gasteiger partial charge in [-0.3, -0.25) is 9.59 Å². The maximum atomic E-state index is 13.7. The van der Waals surface area contributed by atoms with Crippen LogP contribution in [0.15, 0.2) is 18.2 Å². The van der Waals surface area contributed by atoms with Crippen molar-refractivity contribution in [1.82, 2.24) is 10.2 Å². The predicted octanol–water partition coefficient (Wildman–Crippen LogP) is 3.13. The summed E-state index contributed by atoms with van der Waals surface area (Å²) in [5, 5.41) is 2.65. The summed E-state index contributed by atoms with van der Waals surface area (Å²) in [6.07, 6.45) is 1.11. The Morgan fingerprint density at radius 2 is 2.05 bits per heavy atom. The summed E-state index contributed by atoms with van der Waals surface area (Å²) in [6, 6.07) is 4.62. The van der Waals surface area contributed by atoms with E-state index in [4.69, 9.17) is 11.6 Å². The quantitative estimate of drug-likeness (QED) is 0.836.